The van der Waals surface area contributed by atoms with E-state index in [9.17, 15) is 19.8 Å². The molecular weight excluding hydrogens is 280 g/mol. The molecule has 2 N–H and O–H groups in total. The summed E-state index contributed by atoms with van der Waals surface area (Å²) in [5.74, 6) is -0.839. The number of carbonyl (C=O) groups is 2. The highest BCUT2D eigenvalue weighted by Gasteiger charge is 2.37. The Morgan fingerprint density at radius 2 is 1.55 bits per heavy atom. The fraction of sp³-hybridized carbons (Fsp3) is 0.222. The summed E-state index contributed by atoms with van der Waals surface area (Å²) >= 11 is 0. The van der Waals surface area contributed by atoms with Crippen molar-refractivity contribution >= 4 is 12.1 Å². The smallest absolute Gasteiger partial charge is 0.201 e. The quantitative estimate of drug-likeness (QED) is 0.854. The van der Waals surface area contributed by atoms with Crippen LogP contribution in [-0.4, -0.2) is 22.3 Å². The molecule has 1 aliphatic rings. The second kappa shape index (κ2) is 5.30. The fourth-order valence-electron chi connectivity index (χ4n) is 3.32. The van der Waals surface area contributed by atoms with Crippen molar-refractivity contribution in [2.45, 2.75) is 19.3 Å². The van der Waals surface area contributed by atoms with Gasteiger partial charge in [0.15, 0.2) is 0 Å². The Morgan fingerprint density at radius 3 is 2.00 bits per heavy atom. The van der Waals surface area contributed by atoms with Gasteiger partial charge in [-0.3, -0.25) is 4.79 Å². The zero-order valence-electron chi connectivity index (χ0n) is 12.1. The van der Waals surface area contributed by atoms with Crippen molar-refractivity contribution in [2.24, 2.45) is 5.92 Å². The van der Waals surface area contributed by atoms with Crippen LogP contribution in [0.1, 0.15) is 46.3 Å². The Labute approximate surface area is 128 Å². The lowest BCUT2D eigenvalue weighted by Gasteiger charge is -2.31. The maximum absolute atomic E-state index is 12.7. The standard InChI is InChI=1S/C18H16O4/c1-10(8-9-19)15-11-4-2-6-13(20)16(11)18(22)17-12(15)5-3-7-14(17)21/h2-7,9-10,15,20-21H,8H2,1H3/t10-/m1/s1. The van der Waals surface area contributed by atoms with Gasteiger partial charge in [0.1, 0.15) is 17.8 Å². The highest BCUT2D eigenvalue weighted by Crippen LogP contribution is 2.46. The second-order valence-corrected chi connectivity index (χ2v) is 5.67. The molecule has 0 fully saturated rings. The molecule has 0 saturated carbocycles. The summed E-state index contributed by atoms with van der Waals surface area (Å²) < 4.78 is 0. The number of hydrogen-bond donors (Lipinski definition) is 2. The van der Waals surface area contributed by atoms with Crippen molar-refractivity contribution in [3.8, 4) is 11.5 Å². The molecule has 3 rings (SSSR count). The zero-order valence-corrected chi connectivity index (χ0v) is 12.1. The number of rotatable bonds is 3. The molecule has 1 aliphatic carbocycles. The molecular formula is C18H16O4. The number of carbonyl (C=O) groups excluding carboxylic acids is 2. The first-order valence-corrected chi connectivity index (χ1v) is 7.18. The molecule has 0 heterocycles. The van der Waals surface area contributed by atoms with Crippen molar-refractivity contribution in [3.05, 3.63) is 58.7 Å². The van der Waals surface area contributed by atoms with Gasteiger partial charge in [0.05, 0.1) is 11.1 Å². The van der Waals surface area contributed by atoms with E-state index in [1.54, 1.807) is 24.3 Å². The predicted octanol–water partition coefficient (Wildman–Crippen LogP) is 3.00. The number of hydrogen-bond acceptors (Lipinski definition) is 4. The molecule has 4 nitrogen and oxygen atoms in total. The van der Waals surface area contributed by atoms with Crippen LogP contribution in [-0.2, 0) is 4.79 Å². The van der Waals surface area contributed by atoms with Gasteiger partial charge < -0.3 is 15.0 Å². The third kappa shape index (κ3) is 1.99. The van der Waals surface area contributed by atoms with Gasteiger partial charge >= 0.3 is 0 Å². The normalized spacial score (nSPS) is 15.0. The van der Waals surface area contributed by atoms with E-state index in [4.69, 9.17) is 0 Å². The molecule has 22 heavy (non-hydrogen) atoms. The average Bonchev–Trinajstić information content (AvgIpc) is 2.47. The molecule has 0 aromatic heterocycles. The molecule has 1 atom stereocenters. The molecule has 2 aromatic carbocycles. The molecule has 0 spiro atoms. The van der Waals surface area contributed by atoms with Gasteiger partial charge in [-0.2, -0.15) is 0 Å². The summed E-state index contributed by atoms with van der Waals surface area (Å²) in [6.45, 7) is 1.93. The van der Waals surface area contributed by atoms with Crippen LogP contribution in [0.25, 0.3) is 0 Å². The van der Waals surface area contributed by atoms with Gasteiger partial charge in [-0.25, -0.2) is 0 Å². The summed E-state index contributed by atoms with van der Waals surface area (Å²) in [5, 5.41) is 20.2. The lowest BCUT2D eigenvalue weighted by molar-refractivity contribution is -0.108. The summed E-state index contributed by atoms with van der Waals surface area (Å²) in [6.07, 6.45) is 1.19. The minimum absolute atomic E-state index is 0.0494. The molecule has 0 aliphatic heterocycles. The number of aldehydes is 1. The minimum Gasteiger partial charge on any atom is -0.507 e. The van der Waals surface area contributed by atoms with Crippen molar-refractivity contribution in [2.75, 3.05) is 0 Å². The van der Waals surface area contributed by atoms with Gasteiger partial charge in [-0.1, -0.05) is 31.2 Å². The van der Waals surface area contributed by atoms with Gasteiger partial charge in [-0.05, 0) is 29.2 Å². The maximum atomic E-state index is 12.7. The predicted molar refractivity (Wildman–Crippen MR) is 81.3 cm³/mol. The van der Waals surface area contributed by atoms with Crippen LogP contribution in [0.3, 0.4) is 0 Å². The van der Waals surface area contributed by atoms with Crippen LogP contribution in [0.2, 0.25) is 0 Å². The Hall–Kier alpha value is -2.62. The van der Waals surface area contributed by atoms with Crippen LogP contribution < -0.4 is 0 Å². The summed E-state index contributed by atoms with van der Waals surface area (Å²) in [6, 6.07) is 9.90. The van der Waals surface area contributed by atoms with E-state index < -0.39 is 0 Å². The summed E-state index contributed by atoms with van der Waals surface area (Å²) in [5.41, 5.74) is 1.85. The van der Waals surface area contributed by atoms with E-state index in [2.05, 4.69) is 0 Å². The molecule has 0 radical (unpaired) electrons. The first-order valence-electron chi connectivity index (χ1n) is 7.18. The zero-order chi connectivity index (χ0) is 15.9. The lowest BCUT2D eigenvalue weighted by atomic mass is 9.71. The summed E-state index contributed by atoms with van der Waals surface area (Å²) in [4.78, 5) is 23.6. The highest BCUT2D eigenvalue weighted by molar-refractivity contribution is 6.15. The van der Waals surface area contributed by atoms with Crippen LogP contribution in [0.15, 0.2) is 36.4 Å². The molecule has 2 aromatic rings. The molecule has 0 unspecified atom stereocenters. The Morgan fingerprint density at radius 1 is 1.05 bits per heavy atom. The monoisotopic (exact) mass is 296 g/mol. The third-order valence-electron chi connectivity index (χ3n) is 4.31. The number of phenols is 2. The lowest BCUT2D eigenvalue weighted by Crippen LogP contribution is -2.24. The number of fused-ring (bicyclic) bond motifs is 2. The van der Waals surface area contributed by atoms with E-state index in [-0.39, 0.29) is 40.2 Å². The first kappa shape index (κ1) is 14.3. The molecule has 4 heteroatoms. The molecule has 112 valence electrons. The Kier molecular flexibility index (Phi) is 3.45. The van der Waals surface area contributed by atoms with E-state index in [1.165, 1.54) is 12.1 Å². The number of ketones is 1. The third-order valence-corrected chi connectivity index (χ3v) is 4.31. The maximum Gasteiger partial charge on any atom is 0.201 e. The van der Waals surface area contributed by atoms with E-state index >= 15 is 0 Å². The fourth-order valence-corrected chi connectivity index (χ4v) is 3.32. The largest absolute Gasteiger partial charge is 0.507 e. The topological polar surface area (TPSA) is 74.6 Å². The van der Waals surface area contributed by atoms with Gasteiger partial charge in [-0.15, -0.1) is 0 Å². The molecule has 0 bridgehead atoms. The SMILES string of the molecule is C[C@H](CC=O)C1c2cccc(O)c2C(=O)c2c(O)cccc21. The van der Waals surface area contributed by atoms with Crippen molar-refractivity contribution in [3.63, 3.8) is 0 Å². The van der Waals surface area contributed by atoms with Gasteiger partial charge in [0.25, 0.3) is 0 Å². The highest BCUT2D eigenvalue weighted by atomic mass is 16.3. The average molecular weight is 296 g/mol. The second-order valence-electron chi connectivity index (χ2n) is 5.67. The van der Waals surface area contributed by atoms with Crippen molar-refractivity contribution < 1.29 is 19.8 Å². The van der Waals surface area contributed by atoms with Crippen molar-refractivity contribution in [1.82, 2.24) is 0 Å². The van der Waals surface area contributed by atoms with Crippen LogP contribution in [0.5, 0.6) is 11.5 Å². The van der Waals surface area contributed by atoms with Crippen molar-refractivity contribution in [1.29, 1.82) is 0 Å². The van der Waals surface area contributed by atoms with Gasteiger partial charge in [0, 0.05) is 12.3 Å². The minimum atomic E-state index is -0.379. The summed E-state index contributed by atoms with van der Waals surface area (Å²) in [7, 11) is 0. The number of aromatic hydroxyl groups is 2. The van der Waals surface area contributed by atoms with Crippen LogP contribution >= 0.6 is 0 Å². The van der Waals surface area contributed by atoms with E-state index in [1.807, 2.05) is 6.92 Å². The van der Waals surface area contributed by atoms with Crippen LogP contribution in [0, 0.1) is 5.92 Å². The number of phenolic OH excluding ortho intramolecular Hbond substituents is 2. The Bertz CT molecular complexity index is 708. The van der Waals surface area contributed by atoms with E-state index in [0.29, 0.717) is 17.5 Å². The number of benzene rings is 2. The van der Waals surface area contributed by atoms with Crippen LogP contribution in [0.4, 0.5) is 0 Å². The molecule has 0 saturated heterocycles. The molecule has 0 amide bonds. The first-order chi connectivity index (χ1) is 10.6. The van der Waals surface area contributed by atoms with Gasteiger partial charge in [0.2, 0.25) is 5.78 Å². The van der Waals surface area contributed by atoms with E-state index in [0.717, 1.165) is 6.29 Å². The Balaban J connectivity index is 2.31.